The van der Waals surface area contributed by atoms with E-state index < -0.39 is 0 Å². The van der Waals surface area contributed by atoms with E-state index in [-0.39, 0.29) is 0 Å². The van der Waals surface area contributed by atoms with E-state index in [0.29, 0.717) is 0 Å². The summed E-state index contributed by atoms with van der Waals surface area (Å²) in [6, 6.07) is 71.7. The first-order valence-corrected chi connectivity index (χ1v) is 21.2. The monoisotopic (exact) mass is 784 g/mol. The molecule has 292 valence electrons. The average Bonchev–Trinajstić information content (AvgIpc) is 3.96. The minimum atomic E-state index is 0.884. The second-order valence-electron chi connectivity index (χ2n) is 15.9. The molecule has 61 heavy (non-hydrogen) atoms. The molecule has 0 saturated carbocycles. The van der Waals surface area contributed by atoms with Crippen LogP contribution in [0.25, 0.3) is 93.9 Å². The van der Waals surface area contributed by atoms with Crippen molar-refractivity contribution >= 4 is 65.4 Å². The van der Waals surface area contributed by atoms with Crippen LogP contribution in [-0.4, -0.2) is 18.7 Å². The maximum atomic E-state index is 5.63. The molecule has 0 aliphatic rings. The van der Waals surface area contributed by atoms with Crippen molar-refractivity contribution in [3.63, 3.8) is 0 Å². The van der Waals surface area contributed by atoms with Gasteiger partial charge in [-0.2, -0.15) is 0 Å². The smallest absolute Gasteiger partial charge is 0.140 e. The molecule has 12 rings (SSSR count). The van der Waals surface area contributed by atoms with Crippen LogP contribution < -0.4 is 0 Å². The van der Waals surface area contributed by atoms with Gasteiger partial charge >= 0.3 is 0 Å². The lowest BCUT2D eigenvalue weighted by molar-refractivity contribution is 1.00. The predicted octanol–water partition coefficient (Wildman–Crippen LogP) is 14.9. The molecule has 0 saturated heterocycles. The Labute approximate surface area is 355 Å². The fourth-order valence-electron chi connectivity index (χ4n) is 9.63. The van der Waals surface area contributed by atoms with Gasteiger partial charge in [0.05, 0.1) is 33.1 Å². The standard InChI is InChI=1S/C50H36N4.C7H8/c1-3-34-36(35-19-8-7-16-32(35)2)28-29-40-37-20-10-13-24-44(37)53(48(34)40)46-26-15-27-47(51-46)54-45-25-14-11-22-39(45)42-31-30-41-38-21-9-12-23-43(38)52(49(41)50(42)54)33-17-5-4-6-18-33;1-7-5-3-2-4-6-7/h4-31H,3H2,1-2H3;2-6H,1H3. The molecule has 4 heteroatoms. The first kappa shape index (κ1) is 36.4. The molecule has 0 aliphatic carbocycles. The van der Waals surface area contributed by atoms with E-state index in [9.17, 15) is 0 Å². The molecule has 8 aromatic carbocycles. The molecule has 12 aromatic rings. The predicted molar refractivity (Wildman–Crippen MR) is 258 cm³/mol. The molecular formula is C57H44N4. The summed E-state index contributed by atoms with van der Waals surface area (Å²) in [6.07, 6.45) is 0.895. The summed E-state index contributed by atoms with van der Waals surface area (Å²) in [5.41, 5.74) is 14.6. The first-order chi connectivity index (χ1) is 30.1. The molecule has 4 heterocycles. The third-order valence-electron chi connectivity index (χ3n) is 12.3. The van der Waals surface area contributed by atoms with Gasteiger partial charge in [0.15, 0.2) is 0 Å². The average molecular weight is 785 g/mol. The Morgan fingerprint density at radius 3 is 1.38 bits per heavy atom. The van der Waals surface area contributed by atoms with Gasteiger partial charge in [0, 0.05) is 38.0 Å². The fraction of sp³-hybridized carbons (Fsp3) is 0.0702. The SMILES string of the molecule is CCc1c(-c2ccccc2C)ccc2c3ccccc3n(-c3cccc(-n4c5ccccc5c5ccc6c7ccccc7n(-c7ccccc7)c6c54)n3)c12.Cc1ccccc1. The highest BCUT2D eigenvalue weighted by molar-refractivity contribution is 6.23. The van der Waals surface area contributed by atoms with Gasteiger partial charge in [0.2, 0.25) is 0 Å². The van der Waals surface area contributed by atoms with Gasteiger partial charge in [-0.15, -0.1) is 0 Å². The van der Waals surface area contributed by atoms with Gasteiger partial charge in [0.1, 0.15) is 11.6 Å². The lowest BCUT2D eigenvalue weighted by Crippen LogP contribution is -2.05. The summed E-state index contributed by atoms with van der Waals surface area (Å²) in [4.78, 5) is 5.63. The third-order valence-corrected chi connectivity index (χ3v) is 12.3. The quantitative estimate of drug-likeness (QED) is 0.171. The summed E-state index contributed by atoms with van der Waals surface area (Å²) in [5.74, 6) is 1.78. The molecule has 4 aromatic heterocycles. The summed E-state index contributed by atoms with van der Waals surface area (Å²) in [7, 11) is 0. The second-order valence-corrected chi connectivity index (χ2v) is 15.9. The van der Waals surface area contributed by atoms with Crippen molar-refractivity contribution in [2.75, 3.05) is 0 Å². The molecule has 0 amide bonds. The van der Waals surface area contributed by atoms with E-state index in [1.165, 1.54) is 76.7 Å². The van der Waals surface area contributed by atoms with Gasteiger partial charge in [0.25, 0.3) is 0 Å². The van der Waals surface area contributed by atoms with E-state index in [1.807, 2.05) is 18.2 Å². The molecule has 0 spiro atoms. The Morgan fingerprint density at radius 1 is 0.361 bits per heavy atom. The summed E-state index contributed by atoms with van der Waals surface area (Å²) < 4.78 is 7.22. The number of rotatable bonds is 5. The van der Waals surface area contributed by atoms with Gasteiger partial charge in [-0.25, -0.2) is 4.98 Å². The van der Waals surface area contributed by atoms with Gasteiger partial charge in [-0.05, 0) is 85.0 Å². The molecule has 0 radical (unpaired) electrons. The van der Waals surface area contributed by atoms with Crippen LogP contribution in [0.2, 0.25) is 0 Å². The number of fused-ring (bicyclic) bond motifs is 10. The number of pyridine rings is 1. The Balaban J connectivity index is 0.000000549. The number of benzene rings is 8. The van der Waals surface area contributed by atoms with E-state index in [1.54, 1.807) is 0 Å². The van der Waals surface area contributed by atoms with Crippen molar-refractivity contribution in [2.24, 2.45) is 0 Å². The number of nitrogens with zero attached hydrogens (tertiary/aromatic N) is 4. The van der Waals surface area contributed by atoms with Crippen LogP contribution in [0.1, 0.15) is 23.6 Å². The van der Waals surface area contributed by atoms with Crippen LogP contribution in [0.5, 0.6) is 0 Å². The Bertz CT molecular complexity index is 3590. The van der Waals surface area contributed by atoms with Gasteiger partial charge in [-0.1, -0.05) is 170 Å². The zero-order valence-corrected chi connectivity index (χ0v) is 34.5. The van der Waals surface area contributed by atoms with Crippen molar-refractivity contribution in [3.8, 4) is 28.5 Å². The second kappa shape index (κ2) is 14.8. The Morgan fingerprint density at radius 2 is 0.820 bits per heavy atom. The molecule has 0 unspecified atom stereocenters. The van der Waals surface area contributed by atoms with Crippen LogP contribution in [-0.2, 0) is 6.42 Å². The van der Waals surface area contributed by atoms with Crippen molar-refractivity contribution < 1.29 is 0 Å². The van der Waals surface area contributed by atoms with E-state index in [4.69, 9.17) is 4.98 Å². The van der Waals surface area contributed by atoms with Gasteiger partial charge in [-0.3, -0.25) is 9.13 Å². The van der Waals surface area contributed by atoms with Gasteiger partial charge < -0.3 is 4.57 Å². The number of hydrogen-bond donors (Lipinski definition) is 0. The number of aromatic nitrogens is 4. The summed E-state index contributed by atoms with van der Waals surface area (Å²) >= 11 is 0. The zero-order valence-electron chi connectivity index (χ0n) is 34.5. The van der Waals surface area contributed by atoms with Crippen LogP contribution in [0.3, 0.4) is 0 Å². The normalized spacial score (nSPS) is 11.6. The van der Waals surface area contributed by atoms with Crippen LogP contribution in [0.4, 0.5) is 0 Å². The molecule has 0 N–H and O–H groups in total. The highest BCUT2D eigenvalue weighted by Gasteiger charge is 2.23. The molecule has 0 atom stereocenters. The summed E-state index contributed by atoms with van der Waals surface area (Å²) in [6.45, 7) is 6.57. The minimum absolute atomic E-state index is 0.884. The highest BCUT2D eigenvalue weighted by Crippen LogP contribution is 2.43. The zero-order chi connectivity index (χ0) is 41.0. The number of para-hydroxylation sites is 4. The van der Waals surface area contributed by atoms with Crippen molar-refractivity contribution in [3.05, 3.63) is 217 Å². The number of hydrogen-bond acceptors (Lipinski definition) is 1. The molecular weight excluding hydrogens is 741 g/mol. The fourth-order valence-corrected chi connectivity index (χ4v) is 9.63. The lowest BCUT2D eigenvalue weighted by atomic mass is 9.93. The topological polar surface area (TPSA) is 27.7 Å². The summed E-state index contributed by atoms with van der Waals surface area (Å²) in [5, 5.41) is 7.35. The lowest BCUT2D eigenvalue weighted by Gasteiger charge is -2.16. The highest BCUT2D eigenvalue weighted by atomic mass is 15.1. The van der Waals surface area contributed by atoms with Crippen molar-refractivity contribution in [2.45, 2.75) is 27.2 Å². The van der Waals surface area contributed by atoms with Crippen molar-refractivity contribution in [1.29, 1.82) is 0 Å². The first-order valence-electron chi connectivity index (χ1n) is 21.2. The Kier molecular flexibility index (Phi) is 8.86. The van der Waals surface area contributed by atoms with E-state index in [0.717, 1.165) is 40.3 Å². The van der Waals surface area contributed by atoms with Crippen molar-refractivity contribution in [1.82, 2.24) is 18.7 Å². The molecule has 4 nitrogen and oxygen atoms in total. The molecule has 0 aliphatic heterocycles. The van der Waals surface area contributed by atoms with Crippen LogP contribution in [0.15, 0.2) is 200 Å². The van der Waals surface area contributed by atoms with Crippen LogP contribution in [0, 0.1) is 13.8 Å². The van der Waals surface area contributed by atoms with E-state index in [2.05, 4.69) is 216 Å². The minimum Gasteiger partial charge on any atom is -0.307 e. The van der Waals surface area contributed by atoms with Crippen LogP contribution >= 0.6 is 0 Å². The Hall–Kier alpha value is -7.69. The molecule has 0 bridgehead atoms. The van der Waals surface area contributed by atoms with E-state index >= 15 is 0 Å². The maximum Gasteiger partial charge on any atom is 0.140 e. The molecule has 0 fully saturated rings. The third kappa shape index (κ3) is 5.86. The number of aryl methyl sites for hydroxylation is 3. The maximum absolute atomic E-state index is 5.63. The largest absolute Gasteiger partial charge is 0.307 e.